The van der Waals surface area contributed by atoms with E-state index >= 15 is 0 Å². The van der Waals surface area contributed by atoms with Crippen LogP contribution in [0.25, 0.3) is 6.08 Å². The maximum absolute atomic E-state index is 6.27. The Morgan fingerprint density at radius 1 is 1.04 bits per heavy atom. The van der Waals surface area contributed by atoms with E-state index in [-0.39, 0.29) is 5.04 Å². The van der Waals surface area contributed by atoms with Crippen LogP contribution in [0, 0.1) is 0 Å². The molecule has 1 rings (SSSR count). The molecule has 0 saturated carbocycles. The van der Waals surface area contributed by atoms with Crippen LogP contribution in [0.1, 0.15) is 26.3 Å². The van der Waals surface area contributed by atoms with Gasteiger partial charge >= 0.3 is 0 Å². The standard InChI is InChI=1S/C17H25Cl3O2Si/c1-16(2,3)23(5,6)22-15(17(18,19)20)12-9-13-7-10-14(21-4)11-8-13/h7-12,15H,1-6H3/b12-9+. The number of hydrogen-bond acceptors (Lipinski definition) is 2. The van der Waals surface area contributed by atoms with Gasteiger partial charge in [-0.05, 0) is 35.8 Å². The van der Waals surface area contributed by atoms with Crippen LogP contribution in [0.15, 0.2) is 30.3 Å². The van der Waals surface area contributed by atoms with Gasteiger partial charge in [0.1, 0.15) is 11.9 Å². The molecule has 0 aliphatic carbocycles. The quantitative estimate of drug-likeness (QED) is 0.420. The van der Waals surface area contributed by atoms with E-state index in [2.05, 4.69) is 33.9 Å². The molecule has 0 spiro atoms. The maximum atomic E-state index is 6.27. The zero-order chi connectivity index (χ0) is 17.9. The molecule has 0 aliphatic rings. The average molecular weight is 396 g/mol. The third kappa shape index (κ3) is 6.31. The van der Waals surface area contributed by atoms with E-state index in [0.29, 0.717) is 0 Å². The molecular weight excluding hydrogens is 371 g/mol. The lowest BCUT2D eigenvalue weighted by atomic mass is 10.2. The van der Waals surface area contributed by atoms with Crippen LogP contribution in [-0.4, -0.2) is 25.3 Å². The third-order valence-corrected chi connectivity index (χ3v) is 9.23. The Morgan fingerprint density at radius 3 is 1.96 bits per heavy atom. The summed E-state index contributed by atoms with van der Waals surface area (Å²) >= 11 is 18.4. The van der Waals surface area contributed by atoms with Crippen molar-refractivity contribution in [3.05, 3.63) is 35.9 Å². The minimum atomic E-state index is -2.06. The third-order valence-electron chi connectivity index (χ3n) is 4.13. The molecule has 0 aliphatic heterocycles. The van der Waals surface area contributed by atoms with Gasteiger partial charge in [0, 0.05) is 0 Å². The van der Waals surface area contributed by atoms with Crippen molar-refractivity contribution in [3.8, 4) is 5.75 Å². The van der Waals surface area contributed by atoms with Gasteiger partial charge in [-0.1, -0.05) is 79.9 Å². The molecule has 0 heterocycles. The van der Waals surface area contributed by atoms with Crippen molar-refractivity contribution in [3.63, 3.8) is 0 Å². The van der Waals surface area contributed by atoms with Gasteiger partial charge in [-0.25, -0.2) is 0 Å². The van der Waals surface area contributed by atoms with Crippen molar-refractivity contribution in [2.45, 2.75) is 48.8 Å². The van der Waals surface area contributed by atoms with Gasteiger partial charge in [0.25, 0.3) is 0 Å². The fourth-order valence-electron chi connectivity index (χ4n) is 1.62. The molecule has 2 nitrogen and oxygen atoms in total. The van der Waals surface area contributed by atoms with E-state index < -0.39 is 18.2 Å². The number of methoxy groups -OCH3 is 1. The van der Waals surface area contributed by atoms with Crippen LogP contribution in [0.4, 0.5) is 0 Å². The summed E-state index contributed by atoms with van der Waals surface area (Å²) in [7, 11) is -0.420. The first-order chi connectivity index (χ1) is 10.4. The first-order valence-electron chi connectivity index (χ1n) is 7.43. The Labute approximate surface area is 155 Å². The fraction of sp³-hybridized carbons (Fsp3) is 0.529. The molecule has 0 radical (unpaired) electrons. The summed E-state index contributed by atoms with van der Waals surface area (Å²) in [5.74, 6) is 0.803. The molecule has 130 valence electrons. The fourth-order valence-corrected chi connectivity index (χ4v) is 3.44. The van der Waals surface area contributed by atoms with Crippen molar-refractivity contribution in [1.82, 2.24) is 0 Å². The summed E-state index contributed by atoms with van der Waals surface area (Å²) in [6, 6.07) is 7.66. The topological polar surface area (TPSA) is 18.5 Å². The highest BCUT2D eigenvalue weighted by atomic mass is 35.6. The predicted octanol–water partition coefficient (Wildman–Crippen LogP) is 6.47. The predicted molar refractivity (Wildman–Crippen MR) is 104 cm³/mol. The summed E-state index contributed by atoms with van der Waals surface area (Å²) in [4.78, 5) is 0. The first kappa shape index (κ1) is 20.9. The lowest BCUT2D eigenvalue weighted by Gasteiger charge is -2.40. The monoisotopic (exact) mass is 394 g/mol. The van der Waals surface area contributed by atoms with Gasteiger partial charge in [-0.3, -0.25) is 0 Å². The van der Waals surface area contributed by atoms with Crippen LogP contribution in [0.5, 0.6) is 5.75 Å². The molecule has 0 amide bonds. The van der Waals surface area contributed by atoms with Crippen LogP contribution < -0.4 is 4.74 Å². The van der Waals surface area contributed by atoms with Crippen molar-refractivity contribution in [1.29, 1.82) is 0 Å². The Morgan fingerprint density at radius 2 is 1.57 bits per heavy atom. The average Bonchev–Trinajstić information content (AvgIpc) is 2.41. The summed E-state index contributed by atoms with van der Waals surface area (Å²) in [6.07, 6.45) is 3.12. The Kier molecular flexibility index (Phi) is 7.06. The van der Waals surface area contributed by atoms with Gasteiger partial charge in [-0.15, -0.1) is 0 Å². The van der Waals surface area contributed by atoms with E-state index in [1.165, 1.54) is 0 Å². The normalized spacial score (nSPS) is 15.0. The van der Waals surface area contributed by atoms with E-state index in [9.17, 15) is 0 Å². The smallest absolute Gasteiger partial charge is 0.218 e. The maximum Gasteiger partial charge on any atom is 0.218 e. The Bertz CT molecular complexity index is 528. The molecule has 1 atom stereocenters. The minimum absolute atomic E-state index is 0.0368. The molecular formula is C17H25Cl3O2Si. The molecule has 0 bridgehead atoms. The molecule has 1 unspecified atom stereocenters. The van der Waals surface area contributed by atoms with Crippen LogP contribution in [0.3, 0.4) is 0 Å². The van der Waals surface area contributed by atoms with Crippen molar-refractivity contribution in [2.24, 2.45) is 0 Å². The summed E-state index contributed by atoms with van der Waals surface area (Å²) < 4.78 is 9.90. The van der Waals surface area contributed by atoms with Crippen LogP contribution >= 0.6 is 34.8 Å². The number of benzene rings is 1. The van der Waals surface area contributed by atoms with Gasteiger partial charge < -0.3 is 9.16 Å². The molecule has 0 aromatic heterocycles. The van der Waals surface area contributed by atoms with Gasteiger partial charge in [0.05, 0.1) is 7.11 Å². The van der Waals surface area contributed by atoms with E-state index in [1.807, 2.05) is 36.4 Å². The molecule has 1 aromatic rings. The Balaban J connectivity index is 2.97. The first-order valence-corrected chi connectivity index (χ1v) is 11.5. The number of hydrogen-bond donors (Lipinski definition) is 0. The second kappa shape index (κ2) is 7.79. The highest BCUT2D eigenvalue weighted by Crippen LogP contribution is 2.42. The van der Waals surface area contributed by atoms with E-state index in [1.54, 1.807) is 7.11 Å². The number of rotatable bonds is 5. The van der Waals surface area contributed by atoms with Gasteiger partial charge in [0.2, 0.25) is 3.79 Å². The lowest BCUT2D eigenvalue weighted by Crippen LogP contribution is -2.46. The second-order valence-corrected chi connectivity index (χ2v) is 14.1. The summed E-state index contributed by atoms with van der Waals surface area (Å²) in [5.41, 5.74) is 0.990. The summed E-state index contributed by atoms with van der Waals surface area (Å²) in [6.45, 7) is 10.7. The zero-order valence-corrected chi connectivity index (χ0v) is 17.8. The summed E-state index contributed by atoms with van der Waals surface area (Å²) in [5, 5.41) is 0.0368. The van der Waals surface area contributed by atoms with E-state index in [4.69, 9.17) is 44.0 Å². The number of alkyl halides is 3. The SMILES string of the molecule is COc1ccc(/C=C/C(O[Si](C)(C)C(C)(C)C)C(Cl)(Cl)Cl)cc1. The largest absolute Gasteiger partial charge is 0.497 e. The molecule has 23 heavy (non-hydrogen) atoms. The zero-order valence-electron chi connectivity index (χ0n) is 14.5. The molecule has 0 N–H and O–H groups in total. The molecule has 0 fully saturated rings. The highest BCUT2D eigenvalue weighted by molar-refractivity contribution is 6.74. The van der Waals surface area contributed by atoms with Crippen LogP contribution in [-0.2, 0) is 4.43 Å². The highest BCUT2D eigenvalue weighted by Gasteiger charge is 2.43. The van der Waals surface area contributed by atoms with Crippen molar-refractivity contribution in [2.75, 3.05) is 7.11 Å². The molecule has 6 heteroatoms. The molecule has 1 aromatic carbocycles. The van der Waals surface area contributed by atoms with Crippen molar-refractivity contribution >= 4 is 49.2 Å². The minimum Gasteiger partial charge on any atom is -0.497 e. The Hall–Kier alpha value is -0.193. The number of halogens is 3. The molecule has 0 saturated heterocycles. The van der Waals surface area contributed by atoms with Gasteiger partial charge in [0.15, 0.2) is 8.32 Å². The van der Waals surface area contributed by atoms with E-state index in [0.717, 1.165) is 11.3 Å². The second-order valence-electron chi connectivity index (χ2n) is 6.97. The van der Waals surface area contributed by atoms with Gasteiger partial charge in [-0.2, -0.15) is 0 Å². The lowest BCUT2D eigenvalue weighted by molar-refractivity contribution is 0.229. The number of ether oxygens (including phenoxy) is 1. The van der Waals surface area contributed by atoms with Crippen LogP contribution in [0.2, 0.25) is 18.1 Å². The van der Waals surface area contributed by atoms with Crippen molar-refractivity contribution < 1.29 is 9.16 Å².